The maximum Gasteiger partial charge on any atom is 0.269 e. The van der Waals surface area contributed by atoms with Gasteiger partial charge >= 0.3 is 0 Å². The first-order valence-electron chi connectivity index (χ1n) is 22.0. The Balaban J connectivity index is 1.39. The first-order chi connectivity index (χ1) is 29.7. The van der Waals surface area contributed by atoms with E-state index in [4.69, 9.17) is 24.2 Å². The standard InChI is InChI=1S/C48H60N4O9/c1-4-23-51(47(55)34-17-18-34)44-29-42(50-60-30-33-15-19-37(20-16-33)52(56)57)40-27-35(12-6-8-24-53)39(14-7-9-25-54)45-41-28-38(58-31-36-13-10-11-32(3)49-36)21-22-43(41)61-48(44,46(40)45)59-26-5-2/h5,10-11,13,15-16,19-22,27-28,34-35,39,44-46,53-54H,2,4,6-9,12,14,17-18,23-26,29-31H2,1,3H3/t35-,39+,44-,45+,46+,48+/m0/s1. The summed E-state index contributed by atoms with van der Waals surface area (Å²) in [5.41, 5.74) is 5.08. The van der Waals surface area contributed by atoms with Crippen molar-refractivity contribution < 1.29 is 39.0 Å². The van der Waals surface area contributed by atoms with Gasteiger partial charge in [0.25, 0.3) is 5.69 Å². The van der Waals surface area contributed by atoms with Crippen LogP contribution in [-0.2, 0) is 27.6 Å². The maximum absolute atomic E-state index is 14.4. The van der Waals surface area contributed by atoms with Crippen LogP contribution in [0.1, 0.15) is 99.6 Å². The van der Waals surface area contributed by atoms with E-state index >= 15 is 0 Å². The molecule has 4 aliphatic rings. The smallest absolute Gasteiger partial charge is 0.269 e. The third-order valence-corrected chi connectivity index (χ3v) is 12.6. The summed E-state index contributed by atoms with van der Waals surface area (Å²) in [6.45, 7) is 9.32. The number of carbonyl (C=O) groups excluding carboxylic acids is 1. The van der Waals surface area contributed by atoms with E-state index in [1.54, 1.807) is 18.2 Å². The number of aliphatic hydroxyl groups is 2. The summed E-state index contributed by atoms with van der Waals surface area (Å²) in [5, 5.41) is 36.1. The molecule has 0 bridgehead atoms. The van der Waals surface area contributed by atoms with Crippen LogP contribution in [0.25, 0.3) is 0 Å². The predicted molar refractivity (Wildman–Crippen MR) is 231 cm³/mol. The fraction of sp³-hybridized carbons (Fsp3) is 0.521. The average Bonchev–Trinajstić information content (AvgIpc) is 4.12. The first kappa shape index (κ1) is 44.0. The van der Waals surface area contributed by atoms with Crippen molar-refractivity contribution in [3.8, 4) is 11.5 Å². The number of oxime groups is 1. The number of aliphatic hydroxyl groups excluding tert-OH is 2. The van der Waals surface area contributed by atoms with Crippen LogP contribution in [0.2, 0.25) is 0 Å². The van der Waals surface area contributed by atoms with Crippen molar-refractivity contribution in [3.63, 3.8) is 0 Å². The Hall–Kier alpha value is -5.11. The molecule has 2 heterocycles. The van der Waals surface area contributed by atoms with Crippen molar-refractivity contribution >= 4 is 17.3 Å². The van der Waals surface area contributed by atoms with E-state index in [0.717, 1.165) is 73.0 Å². The monoisotopic (exact) mass is 836 g/mol. The van der Waals surface area contributed by atoms with Crippen molar-refractivity contribution in [1.82, 2.24) is 9.88 Å². The molecule has 2 saturated carbocycles. The largest absolute Gasteiger partial charge is 0.487 e. The Kier molecular flexibility index (Phi) is 14.5. The SMILES string of the molecule is C=CCO[C@@]12Oc3ccc(OCc4cccc(C)n4)cc3[C@H]3[C@H](CCCCO)[C@@H](CCCCO)C=C(C(=NOCc4ccc([N+](=O)[O-])cc4)C[C@@H]1N(CCC)C(=O)C1CC1)[C@H]32. The van der Waals surface area contributed by atoms with Gasteiger partial charge in [0, 0.05) is 61.4 Å². The summed E-state index contributed by atoms with van der Waals surface area (Å²) in [6.07, 6.45) is 11.4. The second-order valence-corrected chi connectivity index (χ2v) is 16.8. The number of carbonyl (C=O) groups is 1. The number of allylic oxidation sites excluding steroid dienone is 1. The molecule has 1 amide bonds. The third-order valence-electron chi connectivity index (χ3n) is 12.6. The minimum atomic E-state index is -1.33. The fourth-order valence-corrected chi connectivity index (χ4v) is 9.70. The van der Waals surface area contributed by atoms with Crippen LogP contribution < -0.4 is 9.47 Å². The van der Waals surface area contributed by atoms with Crippen LogP contribution in [0, 0.1) is 40.7 Å². The number of hydrogen-bond donors (Lipinski definition) is 2. The van der Waals surface area contributed by atoms with E-state index in [0.29, 0.717) is 43.0 Å². The molecule has 61 heavy (non-hydrogen) atoms. The van der Waals surface area contributed by atoms with E-state index in [1.807, 2.05) is 42.2 Å². The summed E-state index contributed by atoms with van der Waals surface area (Å²) in [4.78, 5) is 38.1. The molecule has 3 aromatic rings. The van der Waals surface area contributed by atoms with Crippen molar-refractivity contribution in [3.05, 3.63) is 118 Å². The molecule has 0 saturated heterocycles. The normalized spacial score (nSPS) is 24.5. The summed E-state index contributed by atoms with van der Waals surface area (Å²) in [5.74, 6) is -0.425. The number of aryl methyl sites for hydroxylation is 1. The van der Waals surface area contributed by atoms with Crippen LogP contribution >= 0.6 is 0 Å². The summed E-state index contributed by atoms with van der Waals surface area (Å²) < 4.78 is 20.9. The number of pyridine rings is 1. The molecule has 13 heteroatoms. The molecule has 3 aliphatic carbocycles. The number of benzene rings is 2. The lowest BCUT2D eigenvalue weighted by Gasteiger charge is -2.60. The molecule has 2 aromatic carbocycles. The van der Waals surface area contributed by atoms with Crippen LogP contribution in [0.4, 0.5) is 5.69 Å². The number of fused-ring (bicyclic) bond motifs is 2. The molecule has 0 radical (unpaired) electrons. The van der Waals surface area contributed by atoms with E-state index < -0.39 is 22.7 Å². The van der Waals surface area contributed by atoms with Gasteiger partial charge in [-0.25, -0.2) is 0 Å². The van der Waals surface area contributed by atoms with Crippen molar-refractivity contribution in [2.24, 2.45) is 28.8 Å². The molecular formula is C48H60N4O9. The Morgan fingerprint density at radius 3 is 2.52 bits per heavy atom. The summed E-state index contributed by atoms with van der Waals surface area (Å²) >= 11 is 0. The molecule has 1 aromatic heterocycles. The minimum Gasteiger partial charge on any atom is -0.487 e. The predicted octanol–water partition coefficient (Wildman–Crippen LogP) is 8.36. The maximum atomic E-state index is 14.4. The van der Waals surface area contributed by atoms with E-state index in [1.165, 1.54) is 12.1 Å². The number of nitro groups is 1. The molecule has 2 N–H and O–H groups in total. The van der Waals surface area contributed by atoms with Gasteiger partial charge in [0.1, 0.15) is 30.8 Å². The Morgan fingerprint density at radius 1 is 1.07 bits per heavy atom. The van der Waals surface area contributed by atoms with E-state index in [2.05, 4.69) is 30.6 Å². The zero-order valence-electron chi connectivity index (χ0n) is 35.5. The lowest BCUT2D eigenvalue weighted by atomic mass is 9.55. The van der Waals surface area contributed by atoms with Gasteiger partial charge in [-0.1, -0.05) is 43.1 Å². The van der Waals surface area contributed by atoms with Gasteiger partial charge in [-0.15, -0.1) is 6.58 Å². The Bertz CT molecular complexity index is 2070. The third kappa shape index (κ3) is 9.84. The highest BCUT2D eigenvalue weighted by atomic mass is 16.7. The number of non-ortho nitro benzene ring substituents is 1. The molecule has 2 fully saturated rings. The molecule has 1 aliphatic heterocycles. The average molecular weight is 837 g/mol. The van der Waals surface area contributed by atoms with Crippen molar-refractivity contribution in [2.45, 2.75) is 109 Å². The van der Waals surface area contributed by atoms with Gasteiger partial charge in [-0.2, -0.15) is 0 Å². The van der Waals surface area contributed by atoms with Crippen LogP contribution in [-0.4, -0.2) is 74.8 Å². The fourth-order valence-electron chi connectivity index (χ4n) is 9.70. The molecule has 0 unspecified atom stereocenters. The van der Waals surface area contributed by atoms with Crippen molar-refractivity contribution in [1.29, 1.82) is 0 Å². The molecule has 6 atom stereocenters. The summed E-state index contributed by atoms with van der Waals surface area (Å²) in [6, 6.07) is 17.5. The number of nitrogens with zero attached hydrogens (tertiary/aromatic N) is 4. The zero-order valence-corrected chi connectivity index (χ0v) is 35.5. The topological polar surface area (TPSA) is 166 Å². The van der Waals surface area contributed by atoms with E-state index in [-0.39, 0.29) is 68.3 Å². The molecule has 0 spiro atoms. The van der Waals surface area contributed by atoms with Gasteiger partial charge in [0.05, 0.1) is 28.9 Å². The number of ether oxygens (including phenoxy) is 3. The number of aromatic nitrogens is 1. The van der Waals surface area contributed by atoms with Gasteiger partial charge in [0.2, 0.25) is 11.7 Å². The molecule has 326 valence electrons. The second-order valence-electron chi connectivity index (χ2n) is 16.8. The van der Waals surface area contributed by atoms with Gasteiger partial charge < -0.3 is 34.2 Å². The van der Waals surface area contributed by atoms with Crippen LogP contribution in [0.3, 0.4) is 0 Å². The highest BCUT2D eigenvalue weighted by molar-refractivity contribution is 6.03. The number of amides is 1. The first-order valence-corrected chi connectivity index (χ1v) is 22.0. The highest BCUT2D eigenvalue weighted by Gasteiger charge is 2.65. The summed E-state index contributed by atoms with van der Waals surface area (Å²) in [7, 11) is 0. The van der Waals surface area contributed by atoms with Crippen LogP contribution in [0.15, 0.2) is 90.1 Å². The Morgan fingerprint density at radius 2 is 1.84 bits per heavy atom. The number of nitro benzene ring substituents is 1. The van der Waals surface area contributed by atoms with E-state index in [9.17, 15) is 25.1 Å². The van der Waals surface area contributed by atoms with Crippen molar-refractivity contribution in [2.75, 3.05) is 26.4 Å². The lowest BCUT2D eigenvalue weighted by molar-refractivity contribution is -0.384. The Labute approximate surface area is 358 Å². The molecular weight excluding hydrogens is 777 g/mol. The molecule has 13 nitrogen and oxygen atoms in total. The van der Waals surface area contributed by atoms with Gasteiger partial charge in [-0.3, -0.25) is 19.9 Å². The minimum absolute atomic E-state index is 0.00505. The van der Waals surface area contributed by atoms with Crippen LogP contribution in [0.5, 0.6) is 11.5 Å². The zero-order chi connectivity index (χ0) is 42.9. The number of hydrogen-bond acceptors (Lipinski definition) is 11. The highest BCUT2D eigenvalue weighted by Crippen LogP contribution is 2.62. The second kappa shape index (κ2) is 20.2. The molecule has 7 rings (SSSR count). The lowest BCUT2D eigenvalue weighted by Crippen LogP contribution is -2.70. The van der Waals surface area contributed by atoms with Gasteiger partial charge in [0.15, 0.2) is 0 Å². The number of rotatable bonds is 22. The number of unbranched alkanes of at least 4 members (excludes halogenated alkanes) is 2. The van der Waals surface area contributed by atoms with Gasteiger partial charge in [-0.05, 0) is 117 Å². The quantitative estimate of drug-likeness (QED) is 0.0435.